The number of para-hydroxylation sites is 1. The van der Waals surface area contributed by atoms with Gasteiger partial charge in [-0.2, -0.15) is 4.98 Å². The summed E-state index contributed by atoms with van der Waals surface area (Å²) >= 11 is 6.36. The number of aromatic amines is 1. The first-order valence-corrected chi connectivity index (χ1v) is 11.8. The van der Waals surface area contributed by atoms with E-state index in [4.69, 9.17) is 11.6 Å². The third kappa shape index (κ3) is 5.70. The Morgan fingerprint density at radius 3 is 2.57 bits per heavy atom. The van der Waals surface area contributed by atoms with Crippen molar-refractivity contribution in [2.75, 3.05) is 37.8 Å². The lowest BCUT2D eigenvalue weighted by molar-refractivity contribution is 0.0828. The Kier molecular flexibility index (Phi) is 7.48. The molecule has 2 aromatic carbocycles. The van der Waals surface area contributed by atoms with E-state index in [0.29, 0.717) is 28.0 Å². The van der Waals surface area contributed by atoms with Crippen molar-refractivity contribution in [3.8, 4) is 0 Å². The standard InChI is InChI=1S/C25H29ClN8O/c1-5-34(6-2)15-22-29-20-12-11-16(13-21(20)30-22)28-25-27-14-18(26)23(32-25)31-19-10-8-7-9-17(19)24(35)33(3)4/h7-14H,5-6,15H2,1-4H3,(H,29,30)(H2,27,28,31,32). The van der Waals surface area contributed by atoms with Gasteiger partial charge in [-0.3, -0.25) is 9.69 Å². The molecule has 9 nitrogen and oxygen atoms in total. The molecule has 2 aromatic heterocycles. The van der Waals surface area contributed by atoms with Crippen LogP contribution in [-0.2, 0) is 6.54 Å². The maximum Gasteiger partial charge on any atom is 0.255 e. The summed E-state index contributed by atoms with van der Waals surface area (Å²) in [7, 11) is 3.42. The normalized spacial score (nSPS) is 11.1. The highest BCUT2D eigenvalue weighted by Crippen LogP contribution is 2.28. The zero-order valence-corrected chi connectivity index (χ0v) is 21.0. The Morgan fingerprint density at radius 2 is 1.83 bits per heavy atom. The lowest BCUT2D eigenvalue weighted by Gasteiger charge is -2.16. The van der Waals surface area contributed by atoms with Gasteiger partial charge in [-0.1, -0.05) is 37.6 Å². The smallest absolute Gasteiger partial charge is 0.255 e. The van der Waals surface area contributed by atoms with E-state index >= 15 is 0 Å². The van der Waals surface area contributed by atoms with Gasteiger partial charge in [0.2, 0.25) is 5.95 Å². The lowest BCUT2D eigenvalue weighted by Crippen LogP contribution is -2.22. The van der Waals surface area contributed by atoms with Crippen molar-refractivity contribution in [2.24, 2.45) is 0 Å². The van der Waals surface area contributed by atoms with Crippen molar-refractivity contribution in [3.63, 3.8) is 0 Å². The van der Waals surface area contributed by atoms with E-state index in [0.717, 1.165) is 42.2 Å². The van der Waals surface area contributed by atoms with Gasteiger partial charge in [0, 0.05) is 19.8 Å². The number of nitrogens with one attached hydrogen (secondary N) is 3. The Balaban J connectivity index is 1.55. The third-order valence-electron chi connectivity index (χ3n) is 5.62. The number of fused-ring (bicyclic) bond motifs is 1. The minimum Gasteiger partial charge on any atom is -0.345 e. The fourth-order valence-corrected chi connectivity index (χ4v) is 3.80. The molecule has 0 fully saturated rings. The van der Waals surface area contributed by atoms with Crippen molar-refractivity contribution in [1.82, 2.24) is 29.7 Å². The molecular weight excluding hydrogens is 464 g/mol. The highest BCUT2D eigenvalue weighted by Gasteiger charge is 2.15. The Labute approximate surface area is 209 Å². The van der Waals surface area contributed by atoms with Gasteiger partial charge in [0.25, 0.3) is 5.91 Å². The number of anilines is 4. The van der Waals surface area contributed by atoms with Gasteiger partial charge in [0.15, 0.2) is 5.82 Å². The van der Waals surface area contributed by atoms with Crippen LogP contribution in [0.25, 0.3) is 11.0 Å². The largest absolute Gasteiger partial charge is 0.345 e. The maximum absolute atomic E-state index is 12.5. The number of amides is 1. The lowest BCUT2D eigenvalue weighted by atomic mass is 10.1. The van der Waals surface area contributed by atoms with E-state index < -0.39 is 0 Å². The molecule has 0 bridgehead atoms. The first-order chi connectivity index (χ1) is 16.9. The van der Waals surface area contributed by atoms with Crippen LogP contribution in [0.4, 0.5) is 23.1 Å². The Morgan fingerprint density at radius 1 is 1.06 bits per heavy atom. The molecule has 0 saturated heterocycles. The number of halogens is 1. The summed E-state index contributed by atoms with van der Waals surface area (Å²) in [4.78, 5) is 33.3. The topological polar surface area (TPSA) is 102 Å². The van der Waals surface area contributed by atoms with E-state index in [1.54, 1.807) is 20.2 Å². The van der Waals surface area contributed by atoms with Gasteiger partial charge < -0.3 is 20.5 Å². The maximum atomic E-state index is 12.5. The van der Waals surface area contributed by atoms with Crippen molar-refractivity contribution in [3.05, 3.63) is 65.1 Å². The molecule has 0 aliphatic heterocycles. The minimum absolute atomic E-state index is 0.121. The van der Waals surface area contributed by atoms with E-state index in [9.17, 15) is 4.79 Å². The summed E-state index contributed by atoms with van der Waals surface area (Å²) in [5.41, 5.74) is 3.77. The summed E-state index contributed by atoms with van der Waals surface area (Å²) in [6.45, 7) is 7.00. The third-order valence-corrected chi connectivity index (χ3v) is 5.89. The molecule has 3 N–H and O–H groups in total. The first kappa shape index (κ1) is 24.4. The molecule has 0 aliphatic carbocycles. The van der Waals surface area contributed by atoms with Gasteiger partial charge >= 0.3 is 0 Å². The second-order valence-electron chi connectivity index (χ2n) is 8.26. The monoisotopic (exact) mass is 492 g/mol. The number of hydrogen-bond donors (Lipinski definition) is 3. The molecule has 0 aliphatic rings. The van der Waals surface area contributed by atoms with Crippen LogP contribution < -0.4 is 10.6 Å². The molecule has 2 heterocycles. The first-order valence-electron chi connectivity index (χ1n) is 11.5. The summed E-state index contributed by atoms with van der Waals surface area (Å²) in [5.74, 6) is 1.58. The SMILES string of the molecule is CCN(CC)Cc1nc2ccc(Nc3ncc(Cl)c(Nc4ccccc4C(=O)N(C)C)n3)cc2[nH]1. The van der Waals surface area contributed by atoms with Crippen LogP contribution in [0.1, 0.15) is 30.0 Å². The molecule has 10 heteroatoms. The Bertz CT molecular complexity index is 1330. The van der Waals surface area contributed by atoms with E-state index in [2.05, 4.69) is 49.3 Å². The molecule has 35 heavy (non-hydrogen) atoms. The van der Waals surface area contributed by atoms with Crippen LogP contribution in [0.5, 0.6) is 0 Å². The average molecular weight is 493 g/mol. The van der Waals surface area contributed by atoms with Crippen molar-refractivity contribution in [2.45, 2.75) is 20.4 Å². The van der Waals surface area contributed by atoms with Gasteiger partial charge in [0.05, 0.1) is 35.0 Å². The van der Waals surface area contributed by atoms with Gasteiger partial charge in [-0.25, -0.2) is 9.97 Å². The van der Waals surface area contributed by atoms with Crippen LogP contribution >= 0.6 is 11.6 Å². The van der Waals surface area contributed by atoms with Crippen molar-refractivity contribution >= 4 is 51.7 Å². The van der Waals surface area contributed by atoms with Crippen LogP contribution in [0.15, 0.2) is 48.7 Å². The molecule has 182 valence electrons. The van der Waals surface area contributed by atoms with Crippen molar-refractivity contribution in [1.29, 1.82) is 0 Å². The zero-order valence-electron chi connectivity index (χ0n) is 20.3. The average Bonchev–Trinajstić information content (AvgIpc) is 3.26. The van der Waals surface area contributed by atoms with E-state index in [1.807, 2.05) is 36.4 Å². The predicted molar refractivity (Wildman–Crippen MR) is 141 cm³/mol. The summed E-state index contributed by atoms with van der Waals surface area (Å²) in [6, 6.07) is 13.1. The molecule has 4 aromatic rings. The highest BCUT2D eigenvalue weighted by atomic mass is 35.5. The molecule has 4 rings (SSSR count). The zero-order chi connectivity index (χ0) is 24.9. The number of H-pyrrole nitrogens is 1. The molecular formula is C25H29ClN8O. The van der Waals surface area contributed by atoms with Crippen LogP contribution in [0.3, 0.4) is 0 Å². The van der Waals surface area contributed by atoms with E-state index in [1.165, 1.54) is 11.1 Å². The highest BCUT2D eigenvalue weighted by molar-refractivity contribution is 6.33. The van der Waals surface area contributed by atoms with Crippen LogP contribution in [-0.4, -0.2) is 62.8 Å². The number of imidazole rings is 1. The summed E-state index contributed by atoms with van der Waals surface area (Å²) < 4.78 is 0. The van der Waals surface area contributed by atoms with Crippen LogP contribution in [0, 0.1) is 0 Å². The minimum atomic E-state index is -0.121. The number of carbonyl (C=O) groups excluding carboxylic acids is 1. The van der Waals surface area contributed by atoms with Crippen molar-refractivity contribution < 1.29 is 4.79 Å². The fraction of sp³-hybridized carbons (Fsp3) is 0.280. The number of hydrogen-bond acceptors (Lipinski definition) is 7. The van der Waals surface area contributed by atoms with Crippen LogP contribution in [0.2, 0.25) is 5.02 Å². The molecule has 0 radical (unpaired) electrons. The fourth-order valence-electron chi connectivity index (χ4n) is 3.67. The molecule has 0 unspecified atom stereocenters. The number of aromatic nitrogens is 4. The number of rotatable bonds is 9. The molecule has 0 atom stereocenters. The second kappa shape index (κ2) is 10.7. The predicted octanol–water partition coefficient (Wildman–Crippen LogP) is 5.04. The summed E-state index contributed by atoms with van der Waals surface area (Å²) in [6.07, 6.45) is 1.52. The Hall–Kier alpha value is -3.69. The molecule has 1 amide bonds. The molecule has 0 spiro atoms. The summed E-state index contributed by atoms with van der Waals surface area (Å²) in [5, 5.41) is 6.74. The number of nitrogens with zero attached hydrogens (tertiary/aromatic N) is 5. The molecule has 0 saturated carbocycles. The van der Waals surface area contributed by atoms with Gasteiger partial charge in [-0.15, -0.1) is 0 Å². The van der Waals surface area contributed by atoms with E-state index in [-0.39, 0.29) is 5.91 Å². The quantitative estimate of drug-likeness (QED) is 0.301. The number of carbonyl (C=O) groups is 1. The van der Waals surface area contributed by atoms with Gasteiger partial charge in [0.1, 0.15) is 10.8 Å². The number of benzene rings is 2. The second-order valence-corrected chi connectivity index (χ2v) is 8.67. The van der Waals surface area contributed by atoms with Gasteiger partial charge in [-0.05, 0) is 43.4 Å².